The summed E-state index contributed by atoms with van der Waals surface area (Å²) in [4.78, 5) is 12.2. The summed E-state index contributed by atoms with van der Waals surface area (Å²) in [6.45, 7) is 2.32. The lowest BCUT2D eigenvalue weighted by Gasteiger charge is -2.71. The highest BCUT2D eigenvalue weighted by atomic mass is 35.5. The molecule has 0 saturated heterocycles. The topological polar surface area (TPSA) is 79.8 Å². The van der Waals surface area contributed by atoms with Crippen molar-refractivity contribution in [3.8, 4) is 11.5 Å². The van der Waals surface area contributed by atoms with Crippen molar-refractivity contribution in [2.24, 2.45) is 0 Å². The van der Waals surface area contributed by atoms with Crippen LogP contribution in [0.1, 0.15) is 38.0 Å². The van der Waals surface area contributed by atoms with E-state index in [-0.39, 0.29) is 34.4 Å². The van der Waals surface area contributed by atoms with Gasteiger partial charge in [0.25, 0.3) is 5.91 Å². The average Bonchev–Trinajstić information content (AvgIpc) is 2.67. The summed E-state index contributed by atoms with van der Waals surface area (Å²) >= 11 is 5.63. The predicted molar refractivity (Wildman–Crippen MR) is 110 cm³/mol. The third kappa shape index (κ3) is 4.24. The number of benzene rings is 2. The number of aliphatic hydroxyl groups is 1. The summed E-state index contributed by atoms with van der Waals surface area (Å²) in [5, 5.41) is 16.8. The fourth-order valence-corrected chi connectivity index (χ4v) is 4.52. The molecule has 0 aliphatic heterocycles. The van der Waals surface area contributed by atoms with Crippen LogP contribution in [0.15, 0.2) is 42.5 Å². The van der Waals surface area contributed by atoms with E-state index < -0.39 is 12.0 Å². The second-order valence-electron chi connectivity index (χ2n) is 8.05. The van der Waals surface area contributed by atoms with E-state index in [1.807, 2.05) is 31.2 Å². The van der Waals surface area contributed by atoms with Crippen LogP contribution in [0.5, 0.6) is 11.5 Å². The summed E-state index contributed by atoms with van der Waals surface area (Å²) in [5.41, 5.74) is 0.354. The van der Waals surface area contributed by atoms with Crippen LogP contribution in [0.4, 0.5) is 4.39 Å². The van der Waals surface area contributed by atoms with Gasteiger partial charge in [0.05, 0.1) is 11.6 Å². The molecule has 1 amide bonds. The molecule has 3 N–H and O–H groups in total. The number of amides is 1. The largest absolute Gasteiger partial charge is 0.494 e. The number of rotatable bonds is 9. The third-order valence-corrected chi connectivity index (χ3v) is 5.95. The minimum Gasteiger partial charge on any atom is -0.494 e. The number of carbonyl (C=O) groups excluding carboxylic acids is 1. The first kappa shape index (κ1) is 20.9. The molecule has 2 aromatic rings. The summed E-state index contributed by atoms with van der Waals surface area (Å²) in [6, 6.07) is 11.4. The second kappa shape index (κ2) is 8.06. The van der Waals surface area contributed by atoms with Gasteiger partial charge in [-0.3, -0.25) is 10.1 Å². The number of hydrogen-bond acceptors (Lipinski definition) is 5. The maximum Gasteiger partial charge on any atom is 0.258 e. The van der Waals surface area contributed by atoms with Gasteiger partial charge in [0.15, 0.2) is 6.61 Å². The fourth-order valence-electron chi connectivity index (χ4n) is 4.41. The van der Waals surface area contributed by atoms with Crippen LogP contribution < -0.4 is 20.1 Å². The number of ether oxygens (including phenoxy) is 2. The van der Waals surface area contributed by atoms with Crippen LogP contribution in [0.25, 0.3) is 0 Å². The Balaban J connectivity index is 1.22. The molecular weight excluding hydrogens is 411 g/mol. The van der Waals surface area contributed by atoms with Crippen LogP contribution in [-0.2, 0) is 4.79 Å². The number of hydrogen-bond donors (Lipinski definition) is 3. The van der Waals surface area contributed by atoms with Crippen molar-refractivity contribution in [2.45, 2.75) is 43.5 Å². The monoisotopic (exact) mass is 434 g/mol. The van der Waals surface area contributed by atoms with E-state index in [9.17, 15) is 14.3 Å². The number of aliphatic hydroxyl groups excluding tert-OH is 1. The van der Waals surface area contributed by atoms with E-state index in [0.29, 0.717) is 6.61 Å². The summed E-state index contributed by atoms with van der Waals surface area (Å²) < 4.78 is 24.2. The predicted octanol–water partition coefficient (Wildman–Crippen LogP) is 3.33. The molecule has 5 rings (SSSR count). The first-order valence-corrected chi connectivity index (χ1v) is 10.3. The van der Waals surface area contributed by atoms with Gasteiger partial charge in [0, 0.05) is 17.1 Å². The standard InChI is InChI=1S/C22H24ClFN2O4/c1-2-29-15-5-3-14(4-6-15)20(28)26-22-11-21(12-22,13-22)25-19(27)10-30-16-7-8-17(23)18(24)9-16/h3-9,20,26,28H,2,10-13H2,1H3,(H,25,27). The Morgan fingerprint density at radius 1 is 1.13 bits per heavy atom. The van der Waals surface area contributed by atoms with Gasteiger partial charge < -0.3 is 19.9 Å². The van der Waals surface area contributed by atoms with Crippen molar-refractivity contribution in [3.05, 3.63) is 58.9 Å². The van der Waals surface area contributed by atoms with Crippen molar-refractivity contribution >= 4 is 17.5 Å². The lowest BCUT2D eigenvalue weighted by atomic mass is 9.44. The summed E-state index contributed by atoms with van der Waals surface area (Å²) in [6.07, 6.45) is 1.46. The van der Waals surface area contributed by atoms with Gasteiger partial charge in [0.1, 0.15) is 23.5 Å². The van der Waals surface area contributed by atoms with Crippen molar-refractivity contribution in [1.29, 1.82) is 0 Å². The summed E-state index contributed by atoms with van der Waals surface area (Å²) in [5.74, 6) is 0.171. The Labute approximate surface area is 179 Å². The highest BCUT2D eigenvalue weighted by Crippen LogP contribution is 2.60. The molecule has 2 aromatic carbocycles. The molecule has 3 aliphatic rings. The van der Waals surface area contributed by atoms with E-state index in [1.54, 1.807) is 0 Å². The SMILES string of the molecule is CCOc1ccc(C(O)NC23CC(NC(=O)COc4ccc(Cl)c(F)c4)(C2)C3)cc1. The molecule has 0 heterocycles. The zero-order valence-corrected chi connectivity index (χ0v) is 17.3. The molecule has 8 heteroatoms. The van der Waals surface area contributed by atoms with Gasteiger partial charge in [0.2, 0.25) is 0 Å². The average molecular weight is 435 g/mol. The molecule has 1 atom stereocenters. The van der Waals surface area contributed by atoms with Gasteiger partial charge in [-0.25, -0.2) is 4.39 Å². The molecule has 3 saturated carbocycles. The number of carbonyl (C=O) groups is 1. The molecule has 30 heavy (non-hydrogen) atoms. The Kier molecular flexibility index (Phi) is 5.61. The molecule has 0 radical (unpaired) electrons. The first-order valence-electron chi connectivity index (χ1n) is 9.89. The minimum atomic E-state index is -0.780. The Bertz CT molecular complexity index is 917. The zero-order valence-electron chi connectivity index (χ0n) is 16.6. The van der Waals surface area contributed by atoms with Crippen molar-refractivity contribution in [3.63, 3.8) is 0 Å². The van der Waals surface area contributed by atoms with E-state index in [2.05, 4.69) is 10.6 Å². The third-order valence-electron chi connectivity index (χ3n) is 5.65. The van der Waals surface area contributed by atoms with Crippen LogP contribution in [0.3, 0.4) is 0 Å². The number of halogens is 2. The smallest absolute Gasteiger partial charge is 0.258 e. The van der Waals surface area contributed by atoms with Crippen molar-refractivity contribution in [1.82, 2.24) is 10.6 Å². The first-order chi connectivity index (χ1) is 14.3. The summed E-state index contributed by atoms with van der Waals surface area (Å²) in [7, 11) is 0. The molecule has 2 bridgehead atoms. The number of nitrogens with one attached hydrogen (secondary N) is 2. The minimum absolute atomic E-state index is 0.00545. The maximum atomic E-state index is 13.4. The molecule has 0 aromatic heterocycles. The Morgan fingerprint density at radius 3 is 2.43 bits per heavy atom. The van der Waals surface area contributed by atoms with Gasteiger partial charge in [-0.05, 0) is 56.0 Å². The molecule has 3 fully saturated rings. The highest BCUT2D eigenvalue weighted by molar-refractivity contribution is 6.30. The van der Waals surface area contributed by atoms with Crippen LogP contribution in [0.2, 0.25) is 5.02 Å². The van der Waals surface area contributed by atoms with Gasteiger partial charge in [-0.15, -0.1) is 0 Å². The van der Waals surface area contributed by atoms with Crippen molar-refractivity contribution < 1.29 is 23.8 Å². The van der Waals surface area contributed by atoms with Crippen molar-refractivity contribution in [2.75, 3.05) is 13.2 Å². The quantitative estimate of drug-likeness (QED) is 0.527. The molecule has 3 aliphatic carbocycles. The van der Waals surface area contributed by atoms with E-state index in [0.717, 1.165) is 36.6 Å². The molecule has 1 unspecified atom stereocenters. The van der Waals surface area contributed by atoms with Crippen LogP contribution in [-0.4, -0.2) is 35.3 Å². The Morgan fingerprint density at radius 2 is 1.80 bits per heavy atom. The van der Waals surface area contributed by atoms with E-state index in [4.69, 9.17) is 21.1 Å². The lowest BCUT2D eigenvalue weighted by molar-refractivity contribution is -0.151. The fraction of sp³-hybridized carbons (Fsp3) is 0.409. The van der Waals surface area contributed by atoms with Crippen LogP contribution >= 0.6 is 11.6 Å². The van der Waals surface area contributed by atoms with E-state index in [1.165, 1.54) is 12.1 Å². The Hall–Kier alpha value is -2.35. The highest BCUT2D eigenvalue weighted by Gasteiger charge is 2.68. The van der Waals surface area contributed by atoms with E-state index >= 15 is 0 Å². The molecule has 6 nitrogen and oxygen atoms in total. The maximum absolute atomic E-state index is 13.4. The van der Waals surface area contributed by atoms with Gasteiger partial charge in [-0.2, -0.15) is 0 Å². The second-order valence-corrected chi connectivity index (χ2v) is 8.46. The molecule has 160 valence electrons. The lowest BCUT2D eigenvalue weighted by Crippen LogP contribution is -2.83. The normalized spacial score (nSPS) is 24.9. The van der Waals surface area contributed by atoms with Gasteiger partial charge >= 0.3 is 0 Å². The molecular formula is C22H24ClFN2O4. The molecule has 0 spiro atoms. The van der Waals surface area contributed by atoms with Crippen LogP contribution in [0, 0.1) is 5.82 Å². The zero-order chi connectivity index (χ0) is 21.4. The van der Waals surface area contributed by atoms with Gasteiger partial charge in [-0.1, -0.05) is 23.7 Å².